The van der Waals surface area contributed by atoms with Crippen molar-refractivity contribution in [3.63, 3.8) is 0 Å². The van der Waals surface area contributed by atoms with Gasteiger partial charge in [0.05, 0.1) is 23.4 Å². The van der Waals surface area contributed by atoms with Crippen LogP contribution in [0.15, 0.2) is 41.3 Å². The Labute approximate surface area is 175 Å². The molecule has 0 saturated carbocycles. The lowest BCUT2D eigenvalue weighted by atomic mass is 10.0. The van der Waals surface area contributed by atoms with Gasteiger partial charge in [-0.25, -0.2) is 4.98 Å². The largest absolute Gasteiger partial charge is 0.372 e. The first-order valence-corrected chi connectivity index (χ1v) is 10.6. The van der Waals surface area contributed by atoms with Gasteiger partial charge in [-0.3, -0.25) is 19.7 Å². The minimum atomic E-state index is -0.00164. The number of anilines is 1. The summed E-state index contributed by atoms with van der Waals surface area (Å²) >= 11 is 0. The number of morpholine rings is 1. The number of benzene rings is 1. The predicted octanol–water partition coefficient (Wildman–Crippen LogP) is 2.49. The summed E-state index contributed by atoms with van der Waals surface area (Å²) < 4.78 is 5.82. The number of aromatic amines is 1. The molecular weight excluding hydrogens is 378 g/mol. The molecule has 1 saturated heterocycles. The van der Waals surface area contributed by atoms with Crippen LogP contribution in [0.2, 0.25) is 0 Å². The summed E-state index contributed by atoms with van der Waals surface area (Å²) in [6.07, 6.45) is 2.78. The smallest absolute Gasteiger partial charge is 0.255 e. The number of hydrogen-bond donors (Lipinski definition) is 1. The molecule has 0 spiro atoms. The van der Waals surface area contributed by atoms with E-state index >= 15 is 0 Å². The van der Waals surface area contributed by atoms with Crippen molar-refractivity contribution in [3.8, 4) is 0 Å². The van der Waals surface area contributed by atoms with E-state index in [1.165, 1.54) is 5.56 Å². The zero-order valence-electron chi connectivity index (χ0n) is 17.5. The summed E-state index contributed by atoms with van der Waals surface area (Å²) in [5, 5.41) is 1.15. The topological polar surface area (TPSA) is 74.4 Å². The van der Waals surface area contributed by atoms with E-state index in [2.05, 4.69) is 57.9 Å². The van der Waals surface area contributed by atoms with Crippen LogP contribution in [0.3, 0.4) is 0 Å². The number of hydrogen-bond acceptors (Lipinski definition) is 6. The van der Waals surface area contributed by atoms with Crippen LogP contribution in [0, 0.1) is 0 Å². The minimum absolute atomic E-state index is 0.00164. The van der Waals surface area contributed by atoms with Gasteiger partial charge in [0.25, 0.3) is 5.56 Å². The molecule has 3 aromatic rings. The van der Waals surface area contributed by atoms with Crippen molar-refractivity contribution in [3.05, 3.63) is 63.7 Å². The highest BCUT2D eigenvalue weighted by atomic mass is 16.5. The second kappa shape index (κ2) is 7.81. The van der Waals surface area contributed by atoms with Crippen LogP contribution in [0.5, 0.6) is 0 Å². The third kappa shape index (κ3) is 3.82. The van der Waals surface area contributed by atoms with Crippen molar-refractivity contribution >= 4 is 16.9 Å². The van der Waals surface area contributed by atoms with Crippen molar-refractivity contribution < 1.29 is 4.74 Å². The first kappa shape index (κ1) is 19.2. The molecule has 0 bridgehead atoms. The van der Waals surface area contributed by atoms with Gasteiger partial charge < -0.3 is 9.64 Å². The normalized spacial score (nSPS) is 22.3. The van der Waals surface area contributed by atoms with E-state index in [9.17, 15) is 4.79 Å². The fourth-order valence-electron chi connectivity index (χ4n) is 4.60. The van der Waals surface area contributed by atoms with Gasteiger partial charge in [0.1, 0.15) is 0 Å². The quantitative estimate of drug-likeness (QED) is 0.722. The maximum atomic E-state index is 12.7. The van der Waals surface area contributed by atoms with E-state index in [1.807, 2.05) is 12.3 Å². The Morgan fingerprint density at radius 1 is 1.20 bits per heavy atom. The van der Waals surface area contributed by atoms with E-state index in [-0.39, 0.29) is 17.8 Å². The lowest BCUT2D eigenvalue weighted by Crippen LogP contribution is -2.47. The zero-order chi connectivity index (χ0) is 20.7. The van der Waals surface area contributed by atoms with Crippen LogP contribution in [-0.2, 0) is 24.2 Å². The summed E-state index contributed by atoms with van der Waals surface area (Å²) in [6, 6.07) is 10.5. The average molecular weight is 406 g/mol. The fraction of sp³-hybridized carbons (Fsp3) is 0.435. The number of aromatic nitrogens is 3. The molecule has 0 amide bonds. The molecule has 0 aliphatic carbocycles. The molecule has 1 N–H and O–H groups in total. The second-order valence-corrected chi connectivity index (χ2v) is 8.47. The summed E-state index contributed by atoms with van der Waals surface area (Å²) in [7, 11) is 0. The monoisotopic (exact) mass is 405 g/mol. The van der Waals surface area contributed by atoms with E-state index in [1.54, 1.807) is 0 Å². The Bertz CT molecular complexity index is 1120. The summed E-state index contributed by atoms with van der Waals surface area (Å²) in [5.74, 6) is 0.666. The third-order valence-electron chi connectivity index (χ3n) is 5.93. The van der Waals surface area contributed by atoms with E-state index in [4.69, 9.17) is 9.72 Å². The van der Waals surface area contributed by atoms with Crippen molar-refractivity contribution in [1.29, 1.82) is 0 Å². The number of ether oxygens (including phenoxy) is 1. The molecule has 156 valence electrons. The molecule has 2 aliphatic rings. The van der Waals surface area contributed by atoms with Gasteiger partial charge in [0.2, 0.25) is 5.95 Å². The molecule has 7 heteroatoms. The SMILES string of the molecule is C[C@@H]1CN(c2nc3c(c(=O)[nH]2)CCN(Cc2ccc4ncccc4c2)C3)C[C@@H](C)O1. The third-order valence-corrected chi connectivity index (χ3v) is 5.93. The molecule has 5 rings (SSSR count). The Kier molecular flexibility index (Phi) is 5.00. The average Bonchev–Trinajstić information content (AvgIpc) is 2.73. The highest BCUT2D eigenvalue weighted by molar-refractivity contribution is 5.78. The highest BCUT2D eigenvalue weighted by Gasteiger charge is 2.27. The highest BCUT2D eigenvalue weighted by Crippen LogP contribution is 2.22. The van der Waals surface area contributed by atoms with Crippen LogP contribution in [0.4, 0.5) is 5.95 Å². The molecule has 4 heterocycles. The van der Waals surface area contributed by atoms with Crippen LogP contribution in [0.1, 0.15) is 30.7 Å². The molecule has 2 aliphatic heterocycles. The number of nitrogens with zero attached hydrogens (tertiary/aromatic N) is 4. The van der Waals surface area contributed by atoms with Crippen molar-refractivity contribution in [1.82, 2.24) is 19.9 Å². The predicted molar refractivity (Wildman–Crippen MR) is 117 cm³/mol. The Morgan fingerprint density at radius 3 is 2.87 bits per heavy atom. The van der Waals surface area contributed by atoms with Crippen molar-refractivity contribution in [2.45, 2.75) is 45.6 Å². The number of rotatable bonds is 3. The van der Waals surface area contributed by atoms with Crippen LogP contribution in [-0.4, -0.2) is 51.7 Å². The van der Waals surface area contributed by atoms with Gasteiger partial charge >= 0.3 is 0 Å². The standard InChI is InChI=1S/C23H27N5O2/c1-15-11-28(12-16(2)30-15)23-25-21-14-27(9-7-19(21)22(29)26-23)13-17-5-6-20-18(10-17)4-3-8-24-20/h3-6,8,10,15-16H,7,9,11-14H2,1-2H3,(H,25,26,29)/t15-,16-/m1/s1. The molecule has 2 atom stereocenters. The van der Waals surface area contributed by atoms with Crippen molar-refractivity contribution in [2.24, 2.45) is 0 Å². The van der Waals surface area contributed by atoms with Gasteiger partial charge in [-0.05, 0) is 44.0 Å². The summed E-state index contributed by atoms with van der Waals surface area (Å²) in [4.78, 5) is 29.5. The van der Waals surface area contributed by atoms with E-state index in [0.717, 1.165) is 54.8 Å². The van der Waals surface area contributed by atoms with E-state index < -0.39 is 0 Å². The van der Waals surface area contributed by atoms with Crippen LogP contribution in [0.25, 0.3) is 10.9 Å². The second-order valence-electron chi connectivity index (χ2n) is 8.47. The lowest BCUT2D eigenvalue weighted by Gasteiger charge is -2.36. The molecule has 2 aromatic heterocycles. The lowest BCUT2D eigenvalue weighted by molar-refractivity contribution is -0.00576. The van der Waals surface area contributed by atoms with Crippen LogP contribution < -0.4 is 10.5 Å². The van der Waals surface area contributed by atoms with Crippen molar-refractivity contribution in [2.75, 3.05) is 24.5 Å². The fourth-order valence-corrected chi connectivity index (χ4v) is 4.60. The Morgan fingerprint density at radius 2 is 2.03 bits per heavy atom. The van der Waals surface area contributed by atoms with E-state index in [0.29, 0.717) is 12.5 Å². The first-order chi connectivity index (χ1) is 14.5. The summed E-state index contributed by atoms with van der Waals surface area (Å²) in [6.45, 7) is 7.96. The molecule has 0 radical (unpaired) electrons. The summed E-state index contributed by atoms with van der Waals surface area (Å²) in [5.41, 5.74) is 3.98. The number of fused-ring (bicyclic) bond motifs is 2. The Balaban J connectivity index is 1.37. The van der Waals surface area contributed by atoms with Gasteiger partial charge in [-0.2, -0.15) is 0 Å². The molecule has 1 fully saturated rings. The van der Waals surface area contributed by atoms with Crippen LogP contribution >= 0.6 is 0 Å². The molecule has 1 aromatic carbocycles. The maximum Gasteiger partial charge on any atom is 0.255 e. The number of pyridine rings is 1. The van der Waals surface area contributed by atoms with Gasteiger partial charge in [0, 0.05) is 49.9 Å². The van der Waals surface area contributed by atoms with Gasteiger partial charge in [-0.1, -0.05) is 12.1 Å². The number of H-pyrrole nitrogens is 1. The maximum absolute atomic E-state index is 12.7. The zero-order valence-corrected chi connectivity index (χ0v) is 17.5. The molecule has 0 unspecified atom stereocenters. The molecule has 30 heavy (non-hydrogen) atoms. The minimum Gasteiger partial charge on any atom is -0.372 e. The van der Waals surface area contributed by atoms with Gasteiger partial charge in [0.15, 0.2) is 0 Å². The Hall–Kier alpha value is -2.77. The molecular formula is C23H27N5O2. The van der Waals surface area contributed by atoms with Gasteiger partial charge in [-0.15, -0.1) is 0 Å². The molecule has 7 nitrogen and oxygen atoms in total. The number of nitrogens with one attached hydrogen (secondary N) is 1. The first-order valence-electron chi connectivity index (χ1n) is 10.6.